The van der Waals surface area contributed by atoms with Gasteiger partial charge in [0, 0.05) is 25.0 Å². The van der Waals surface area contributed by atoms with Gasteiger partial charge in [-0.3, -0.25) is 0 Å². The molecule has 1 heterocycles. The molecule has 0 radical (unpaired) electrons. The summed E-state index contributed by atoms with van der Waals surface area (Å²) in [5.74, 6) is 1.08. The molecule has 0 bridgehead atoms. The van der Waals surface area contributed by atoms with E-state index in [1.165, 1.54) is 11.1 Å². The number of hydrogen-bond donors (Lipinski definition) is 2. The van der Waals surface area contributed by atoms with Crippen molar-refractivity contribution in [3.8, 4) is 5.75 Å². The molecule has 1 aliphatic heterocycles. The Bertz CT molecular complexity index is 415. The number of fused-ring (bicyclic) bond motifs is 1. The number of hydrogen-bond acceptors (Lipinski definition) is 3. The van der Waals surface area contributed by atoms with Crippen LogP contribution in [0.2, 0.25) is 0 Å². The number of benzene rings is 1. The van der Waals surface area contributed by atoms with Crippen LogP contribution < -0.4 is 15.4 Å². The molecule has 0 amide bonds. The van der Waals surface area contributed by atoms with Crippen molar-refractivity contribution in [3.63, 3.8) is 0 Å². The van der Waals surface area contributed by atoms with Crippen molar-refractivity contribution in [3.05, 3.63) is 29.3 Å². The molecule has 0 aliphatic carbocycles. The first kappa shape index (κ1) is 14.4. The highest BCUT2D eigenvalue weighted by Gasteiger charge is 2.22. The Kier molecular flexibility index (Phi) is 4.83. The standard InChI is InChI=1S/C16H26N2O/c1-16(2,12-18-9-8-17-3)14-6-7-15-13(11-14)5-4-10-19-15/h6-7,11,17-18H,4-5,8-10,12H2,1-3H3. The van der Waals surface area contributed by atoms with E-state index < -0.39 is 0 Å². The summed E-state index contributed by atoms with van der Waals surface area (Å²) in [6, 6.07) is 6.68. The van der Waals surface area contributed by atoms with E-state index in [-0.39, 0.29) is 5.41 Å². The fourth-order valence-corrected chi connectivity index (χ4v) is 2.50. The van der Waals surface area contributed by atoms with Gasteiger partial charge >= 0.3 is 0 Å². The van der Waals surface area contributed by atoms with Gasteiger partial charge in [-0.05, 0) is 37.1 Å². The van der Waals surface area contributed by atoms with Crippen LogP contribution in [0.1, 0.15) is 31.4 Å². The first-order valence-corrected chi connectivity index (χ1v) is 7.25. The van der Waals surface area contributed by atoms with Crippen molar-refractivity contribution in [2.24, 2.45) is 0 Å². The molecule has 2 rings (SSSR count). The molecule has 106 valence electrons. The highest BCUT2D eigenvalue weighted by molar-refractivity contribution is 5.41. The molecule has 1 aromatic rings. The predicted octanol–water partition coefficient (Wildman–Crippen LogP) is 2.10. The average molecular weight is 262 g/mol. The van der Waals surface area contributed by atoms with Crippen molar-refractivity contribution in [2.75, 3.05) is 33.3 Å². The normalized spacial score (nSPS) is 14.9. The molecule has 3 nitrogen and oxygen atoms in total. The second kappa shape index (κ2) is 6.40. The van der Waals surface area contributed by atoms with Gasteiger partial charge in [-0.2, -0.15) is 0 Å². The molecule has 0 atom stereocenters. The maximum absolute atomic E-state index is 5.68. The van der Waals surface area contributed by atoms with Gasteiger partial charge in [-0.15, -0.1) is 0 Å². The van der Waals surface area contributed by atoms with E-state index in [1.807, 2.05) is 7.05 Å². The van der Waals surface area contributed by atoms with E-state index in [2.05, 4.69) is 42.7 Å². The number of ether oxygens (including phenoxy) is 1. The van der Waals surface area contributed by atoms with Crippen molar-refractivity contribution < 1.29 is 4.74 Å². The van der Waals surface area contributed by atoms with Gasteiger partial charge in [0.2, 0.25) is 0 Å². The molecule has 0 saturated heterocycles. The summed E-state index contributed by atoms with van der Waals surface area (Å²) >= 11 is 0. The molecule has 1 aliphatic rings. The topological polar surface area (TPSA) is 33.3 Å². The van der Waals surface area contributed by atoms with Crippen molar-refractivity contribution in [1.29, 1.82) is 0 Å². The smallest absolute Gasteiger partial charge is 0.122 e. The highest BCUT2D eigenvalue weighted by atomic mass is 16.5. The number of aryl methyl sites for hydroxylation is 1. The Morgan fingerprint density at radius 2 is 2.11 bits per heavy atom. The van der Waals surface area contributed by atoms with Gasteiger partial charge in [0.05, 0.1) is 6.61 Å². The Morgan fingerprint density at radius 1 is 1.26 bits per heavy atom. The predicted molar refractivity (Wildman–Crippen MR) is 80.1 cm³/mol. The Labute approximate surface area is 116 Å². The lowest BCUT2D eigenvalue weighted by molar-refractivity contribution is 0.288. The molecule has 2 N–H and O–H groups in total. The fraction of sp³-hybridized carbons (Fsp3) is 0.625. The van der Waals surface area contributed by atoms with Crippen molar-refractivity contribution in [1.82, 2.24) is 10.6 Å². The van der Waals surface area contributed by atoms with Crippen LogP contribution in [0.4, 0.5) is 0 Å². The lowest BCUT2D eigenvalue weighted by atomic mass is 9.83. The minimum absolute atomic E-state index is 0.153. The molecule has 0 unspecified atom stereocenters. The molecule has 0 saturated carbocycles. The van der Waals surface area contributed by atoms with E-state index in [0.29, 0.717) is 0 Å². The number of rotatable bonds is 6. The van der Waals surface area contributed by atoms with Gasteiger partial charge in [-0.25, -0.2) is 0 Å². The van der Waals surface area contributed by atoms with Crippen LogP contribution in [0, 0.1) is 0 Å². The lowest BCUT2D eigenvalue weighted by Crippen LogP contribution is -2.36. The molecule has 3 heteroatoms. The molecular weight excluding hydrogens is 236 g/mol. The second-order valence-corrected chi connectivity index (χ2v) is 5.94. The fourth-order valence-electron chi connectivity index (χ4n) is 2.50. The van der Waals surface area contributed by atoms with Gasteiger partial charge in [0.1, 0.15) is 5.75 Å². The van der Waals surface area contributed by atoms with Crippen LogP contribution in [0.5, 0.6) is 5.75 Å². The quantitative estimate of drug-likeness (QED) is 0.770. The second-order valence-electron chi connectivity index (χ2n) is 5.94. The Morgan fingerprint density at radius 3 is 2.89 bits per heavy atom. The van der Waals surface area contributed by atoms with Crippen LogP contribution in [0.25, 0.3) is 0 Å². The van der Waals surface area contributed by atoms with Crippen LogP contribution in [-0.2, 0) is 11.8 Å². The van der Waals surface area contributed by atoms with E-state index in [0.717, 1.165) is 44.8 Å². The van der Waals surface area contributed by atoms with Gasteiger partial charge < -0.3 is 15.4 Å². The van der Waals surface area contributed by atoms with Gasteiger partial charge in [0.15, 0.2) is 0 Å². The molecular formula is C16H26N2O. The van der Waals surface area contributed by atoms with Crippen molar-refractivity contribution >= 4 is 0 Å². The summed E-state index contributed by atoms with van der Waals surface area (Å²) < 4.78 is 5.68. The van der Waals surface area contributed by atoms with E-state index in [4.69, 9.17) is 4.74 Å². The van der Waals surface area contributed by atoms with Crippen LogP contribution in [0.15, 0.2) is 18.2 Å². The number of nitrogens with one attached hydrogen (secondary N) is 2. The maximum Gasteiger partial charge on any atom is 0.122 e. The van der Waals surface area contributed by atoms with E-state index in [9.17, 15) is 0 Å². The van der Waals surface area contributed by atoms with Gasteiger partial charge in [0.25, 0.3) is 0 Å². The largest absolute Gasteiger partial charge is 0.493 e. The third-order valence-corrected chi connectivity index (χ3v) is 3.81. The summed E-state index contributed by atoms with van der Waals surface area (Å²) in [7, 11) is 1.98. The Balaban J connectivity index is 2.03. The summed E-state index contributed by atoms with van der Waals surface area (Å²) in [6.45, 7) is 8.47. The van der Waals surface area contributed by atoms with Crippen LogP contribution in [-0.4, -0.2) is 33.3 Å². The molecule has 0 spiro atoms. The zero-order chi connectivity index (χ0) is 13.7. The minimum atomic E-state index is 0.153. The highest BCUT2D eigenvalue weighted by Crippen LogP contribution is 2.30. The van der Waals surface area contributed by atoms with E-state index >= 15 is 0 Å². The maximum atomic E-state index is 5.68. The summed E-state index contributed by atoms with van der Waals surface area (Å²) in [4.78, 5) is 0. The SMILES string of the molecule is CNCCNCC(C)(C)c1ccc2c(c1)CCCO2. The first-order chi connectivity index (χ1) is 9.13. The van der Waals surface area contributed by atoms with Crippen molar-refractivity contribution in [2.45, 2.75) is 32.1 Å². The Hall–Kier alpha value is -1.06. The average Bonchev–Trinajstić information content (AvgIpc) is 2.43. The monoisotopic (exact) mass is 262 g/mol. The molecule has 0 fully saturated rings. The van der Waals surface area contributed by atoms with Crippen LogP contribution in [0.3, 0.4) is 0 Å². The summed E-state index contributed by atoms with van der Waals surface area (Å²) in [6.07, 6.45) is 2.28. The molecule has 19 heavy (non-hydrogen) atoms. The lowest BCUT2D eigenvalue weighted by Gasteiger charge is -2.28. The van der Waals surface area contributed by atoms with Gasteiger partial charge in [-0.1, -0.05) is 26.0 Å². The number of likely N-dealkylation sites (N-methyl/N-ethyl adjacent to an activating group) is 1. The zero-order valence-corrected chi connectivity index (χ0v) is 12.4. The molecule has 1 aromatic carbocycles. The summed E-state index contributed by atoms with van der Waals surface area (Å²) in [5, 5.41) is 6.67. The zero-order valence-electron chi connectivity index (χ0n) is 12.4. The summed E-state index contributed by atoms with van der Waals surface area (Å²) in [5.41, 5.74) is 2.92. The van der Waals surface area contributed by atoms with E-state index in [1.54, 1.807) is 0 Å². The molecule has 0 aromatic heterocycles. The van der Waals surface area contributed by atoms with Crippen LogP contribution >= 0.6 is 0 Å². The minimum Gasteiger partial charge on any atom is -0.493 e. The first-order valence-electron chi connectivity index (χ1n) is 7.25. The third kappa shape index (κ3) is 3.71. The third-order valence-electron chi connectivity index (χ3n) is 3.81.